The average Bonchev–Trinajstić information content (AvgIpc) is 2.72. The Morgan fingerprint density at radius 2 is 1.79 bits per heavy atom. The number of ether oxygens (including phenoxy) is 1. The van der Waals surface area contributed by atoms with Crippen molar-refractivity contribution in [2.75, 3.05) is 5.73 Å². The summed E-state index contributed by atoms with van der Waals surface area (Å²) in [5.74, 6) is -0.212. The van der Waals surface area contributed by atoms with Gasteiger partial charge in [0.05, 0.1) is 4.92 Å². The predicted molar refractivity (Wildman–Crippen MR) is 104 cm³/mol. The Kier molecular flexibility index (Phi) is 5.24. The van der Waals surface area contributed by atoms with Gasteiger partial charge in [-0.15, -0.1) is 0 Å². The molecule has 0 aliphatic carbocycles. The van der Waals surface area contributed by atoms with E-state index in [1.54, 1.807) is 6.07 Å². The number of aromatic nitrogens is 1. The number of nitrogen functional groups attached to an aromatic ring is 1. The third-order valence-corrected chi connectivity index (χ3v) is 4.15. The summed E-state index contributed by atoms with van der Waals surface area (Å²) in [7, 11) is 0. The lowest BCUT2D eigenvalue weighted by Gasteiger charge is -2.11. The van der Waals surface area contributed by atoms with E-state index in [1.807, 2.05) is 36.4 Å². The van der Waals surface area contributed by atoms with E-state index >= 15 is 0 Å². The van der Waals surface area contributed by atoms with Crippen LogP contribution in [0.5, 0.6) is 5.75 Å². The van der Waals surface area contributed by atoms with Gasteiger partial charge in [-0.2, -0.15) is 10.5 Å². The fourth-order valence-electron chi connectivity index (χ4n) is 2.80. The van der Waals surface area contributed by atoms with E-state index in [0.29, 0.717) is 0 Å². The summed E-state index contributed by atoms with van der Waals surface area (Å²) in [4.78, 5) is 25.2. The molecule has 9 heteroatoms. The van der Waals surface area contributed by atoms with Gasteiger partial charge < -0.3 is 15.5 Å². The van der Waals surface area contributed by atoms with E-state index < -0.39 is 10.5 Å². The second-order valence-electron chi connectivity index (χ2n) is 5.93. The fraction of sp³-hybridized carbons (Fsp3) is 0.0500. The molecule has 9 nitrogen and oxygen atoms in total. The van der Waals surface area contributed by atoms with Crippen LogP contribution in [-0.2, 0) is 6.61 Å². The van der Waals surface area contributed by atoms with E-state index in [0.717, 1.165) is 11.6 Å². The van der Waals surface area contributed by atoms with Crippen LogP contribution >= 0.6 is 0 Å². The highest BCUT2D eigenvalue weighted by molar-refractivity contribution is 5.81. The zero-order chi connectivity index (χ0) is 21.0. The van der Waals surface area contributed by atoms with Gasteiger partial charge in [-0.1, -0.05) is 36.4 Å². The molecule has 0 amide bonds. The van der Waals surface area contributed by atoms with Crippen LogP contribution in [0.1, 0.15) is 16.7 Å². The maximum Gasteiger partial charge on any atom is 0.311 e. The van der Waals surface area contributed by atoms with Crippen molar-refractivity contribution < 1.29 is 9.66 Å². The third-order valence-electron chi connectivity index (χ3n) is 4.15. The van der Waals surface area contributed by atoms with Crippen LogP contribution in [0.3, 0.4) is 0 Å². The molecule has 2 aromatic carbocycles. The molecule has 0 fully saturated rings. The van der Waals surface area contributed by atoms with E-state index in [4.69, 9.17) is 10.5 Å². The van der Waals surface area contributed by atoms with Gasteiger partial charge in [-0.05, 0) is 17.2 Å². The topological polar surface area (TPSA) is 159 Å². The van der Waals surface area contributed by atoms with Crippen molar-refractivity contribution in [3.63, 3.8) is 0 Å². The van der Waals surface area contributed by atoms with Crippen molar-refractivity contribution in [3.8, 4) is 29.0 Å². The number of rotatable bonds is 5. The molecule has 1 aromatic heterocycles. The molecule has 0 saturated heterocycles. The third kappa shape index (κ3) is 3.75. The number of nitrogens with two attached hydrogens (primary N) is 1. The van der Waals surface area contributed by atoms with E-state index in [9.17, 15) is 25.4 Å². The maximum absolute atomic E-state index is 12.1. The van der Waals surface area contributed by atoms with Crippen LogP contribution < -0.4 is 16.0 Å². The van der Waals surface area contributed by atoms with E-state index in [-0.39, 0.29) is 46.1 Å². The number of nitrogens with one attached hydrogen (secondary N) is 1. The van der Waals surface area contributed by atoms with Crippen molar-refractivity contribution in [1.29, 1.82) is 10.5 Å². The van der Waals surface area contributed by atoms with Crippen LogP contribution in [0.25, 0.3) is 11.1 Å². The van der Waals surface area contributed by atoms with E-state index in [2.05, 4.69) is 4.98 Å². The molecule has 0 radical (unpaired) electrons. The number of hydrogen-bond donors (Lipinski definition) is 2. The highest BCUT2D eigenvalue weighted by Crippen LogP contribution is 2.35. The Bertz CT molecular complexity index is 1240. The number of nitro benzene ring substituents is 1. The van der Waals surface area contributed by atoms with Crippen LogP contribution in [0, 0.1) is 32.8 Å². The highest BCUT2D eigenvalue weighted by Gasteiger charge is 2.22. The van der Waals surface area contributed by atoms with Gasteiger partial charge in [0.1, 0.15) is 35.7 Å². The number of nitriles is 2. The molecule has 0 atom stereocenters. The molecule has 142 valence electrons. The molecule has 3 N–H and O–H groups in total. The molecule has 0 saturated carbocycles. The quantitative estimate of drug-likeness (QED) is 0.503. The summed E-state index contributed by atoms with van der Waals surface area (Å²) in [5.41, 5.74) is 4.93. The first-order valence-electron chi connectivity index (χ1n) is 8.27. The van der Waals surface area contributed by atoms with Gasteiger partial charge in [0, 0.05) is 11.6 Å². The highest BCUT2D eigenvalue weighted by atomic mass is 16.6. The van der Waals surface area contributed by atoms with Gasteiger partial charge in [0.25, 0.3) is 5.56 Å². The van der Waals surface area contributed by atoms with Crippen molar-refractivity contribution in [2.24, 2.45) is 0 Å². The van der Waals surface area contributed by atoms with Crippen molar-refractivity contribution >= 4 is 11.5 Å². The van der Waals surface area contributed by atoms with Gasteiger partial charge >= 0.3 is 5.69 Å². The monoisotopic (exact) mass is 387 g/mol. The molecule has 1 heterocycles. The molecule has 0 bridgehead atoms. The van der Waals surface area contributed by atoms with Gasteiger partial charge in [0.2, 0.25) is 0 Å². The molecular formula is C20H13N5O4. The smallest absolute Gasteiger partial charge is 0.311 e. The van der Waals surface area contributed by atoms with Crippen LogP contribution in [0.15, 0.2) is 53.3 Å². The first kappa shape index (κ1) is 19.1. The number of nitro groups is 1. The Hall–Kier alpha value is -4.63. The minimum atomic E-state index is -0.786. The predicted octanol–water partition coefficient (Wildman–Crippen LogP) is 2.85. The zero-order valence-corrected chi connectivity index (χ0v) is 14.9. The number of benzene rings is 2. The summed E-state index contributed by atoms with van der Waals surface area (Å²) in [6, 6.07) is 16.6. The molecule has 3 aromatic rings. The normalized spacial score (nSPS) is 10.0. The minimum Gasteiger partial charge on any atom is -0.482 e. The van der Waals surface area contributed by atoms with Crippen LogP contribution in [-0.4, -0.2) is 9.91 Å². The maximum atomic E-state index is 12.1. The van der Waals surface area contributed by atoms with Crippen molar-refractivity contribution in [2.45, 2.75) is 6.61 Å². The zero-order valence-electron chi connectivity index (χ0n) is 14.9. The molecule has 3 rings (SSSR count). The molecule has 0 unspecified atom stereocenters. The Labute approximate surface area is 164 Å². The number of anilines is 1. The van der Waals surface area contributed by atoms with Gasteiger partial charge in [-0.25, -0.2) is 0 Å². The van der Waals surface area contributed by atoms with Crippen molar-refractivity contribution in [3.05, 3.63) is 85.7 Å². The molecular weight excluding hydrogens is 374 g/mol. The van der Waals surface area contributed by atoms with Gasteiger partial charge in [0.15, 0.2) is 5.75 Å². The summed E-state index contributed by atoms with van der Waals surface area (Å²) in [6.07, 6.45) is 0. The lowest BCUT2D eigenvalue weighted by molar-refractivity contribution is -0.385. The number of pyridine rings is 1. The fourth-order valence-corrected chi connectivity index (χ4v) is 2.80. The van der Waals surface area contributed by atoms with Crippen LogP contribution in [0.4, 0.5) is 11.5 Å². The summed E-state index contributed by atoms with van der Waals surface area (Å²) in [5, 5.41) is 30.3. The lowest BCUT2D eigenvalue weighted by Crippen LogP contribution is -2.16. The first-order chi connectivity index (χ1) is 14.0. The molecule has 0 spiro atoms. The Balaban J connectivity index is 2.11. The largest absolute Gasteiger partial charge is 0.482 e. The number of aromatic amines is 1. The number of hydrogen-bond acceptors (Lipinski definition) is 7. The number of nitrogens with zero attached hydrogens (tertiary/aromatic N) is 3. The van der Waals surface area contributed by atoms with E-state index in [1.165, 1.54) is 12.1 Å². The summed E-state index contributed by atoms with van der Waals surface area (Å²) in [6.45, 7) is 0.117. The minimum absolute atomic E-state index is 0.0115. The number of H-pyrrole nitrogens is 1. The summed E-state index contributed by atoms with van der Waals surface area (Å²) >= 11 is 0. The standard InChI is InChI=1S/C20H13N5O4/c21-9-14-18(15(10-22)20(26)24-19(14)23)13-6-7-17(16(8-13)25(27)28)29-11-12-4-2-1-3-5-12/h1-8H,11H2,(H3,23,24,26). The average molecular weight is 387 g/mol. The second-order valence-corrected chi connectivity index (χ2v) is 5.93. The SMILES string of the molecule is N#Cc1c(N)[nH]c(=O)c(C#N)c1-c1ccc(OCc2ccccc2)c([N+](=O)[O-])c1. The summed E-state index contributed by atoms with van der Waals surface area (Å²) < 4.78 is 5.57. The molecule has 0 aliphatic rings. The second kappa shape index (κ2) is 7.94. The van der Waals surface area contributed by atoms with Crippen molar-refractivity contribution in [1.82, 2.24) is 4.98 Å². The molecule has 0 aliphatic heterocycles. The first-order valence-corrected chi connectivity index (χ1v) is 8.27. The van der Waals surface area contributed by atoms with Gasteiger partial charge in [-0.3, -0.25) is 14.9 Å². The van der Waals surface area contributed by atoms with Crippen LogP contribution in [0.2, 0.25) is 0 Å². The Morgan fingerprint density at radius 3 is 2.41 bits per heavy atom. The molecule has 29 heavy (non-hydrogen) atoms. The lowest BCUT2D eigenvalue weighted by atomic mass is 9.96. The Morgan fingerprint density at radius 1 is 1.10 bits per heavy atom.